The van der Waals surface area contributed by atoms with Crippen LogP contribution >= 0.6 is 0 Å². The first-order chi connectivity index (χ1) is 16.5. The Balaban J connectivity index is 1.56. The number of nitrogens with one attached hydrogen (secondary N) is 2. The Kier molecular flexibility index (Phi) is 6.76. The van der Waals surface area contributed by atoms with E-state index in [0.29, 0.717) is 21.9 Å². The number of rotatable bonds is 4. The zero-order chi connectivity index (χ0) is 26.5. The molecule has 2 aromatic carbocycles. The van der Waals surface area contributed by atoms with Crippen molar-refractivity contribution in [2.45, 2.75) is 115 Å². The number of esters is 2. The fraction of sp³-hybridized carbons (Fsp3) is 0.600. The highest BCUT2D eigenvalue weighted by molar-refractivity contribution is 6.11. The number of fused-ring (bicyclic) bond motifs is 1. The molecule has 6 heteroatoms. The average Bonchev–Trinajstić information content (AvgIpc) is 2.67. The molecule has 36 heavy (non-hydrogen) atoms. The predicted octanol–water partition coefficient (Wildman–Crippen LogP) is 5.77. The van der Waals surface area contributed by atoms with E-state index < -0.39 is 0 Å². The highest BCUT2D eigenvalue weighted by Crippen LogP contribution is 2.33. The van der Waals surface area contributed by atoms with Gasteiger partial charge in [0, 0.05) is 47.8 Å². The third-order valence-corrected chi connectivity index (χ3v) is 7.21. The molecule has 2 fully saturated rings. The van der Waals surface area contributed by atoms with Gasteiger partial charge in [0.15, 0.2) is 0 Å². The standard InChI is InChI=1S/C30H42N2O4/c1-27(2)15-19(16-28(3,4)31-27)35-25(33)23-13-9-12-22-21(23)11-10-14-24(22)26(34)36-20-17-29(5,6)32-30(7,8)18-20/h9-14,19-20,31-32H,15-18H2,1-8H3. The molecule has 0 saturated carbocycles. The van der Waals surface area contributed by atoms with Crippen LogP contribution in [0.4, 0.5) is 0 Å². The molecule has 0 spiro atoms. The maximum absolute atomic E-state index is 13.3. The van der Waals surface area contributed by atoms with Gasteiger partial charge in [-0.2, -0.15) is 0 Å². The zero-order valence-corrected chi connectivity index (χ0v) is 23.1. The molecule has 2 heterocycles. The lowest BCUT2D eigenvalue weighted by atomic mass is 9.81. The molecule has 0 bridgehead atoms. The molecule has 2 saturated heterocycles. The van der Waals surface area contributed by atoms with Gasteiger partial charge >= 0.3 is 11.9 Å². The molecule has 2 N–H and O–H groups in total. The Morgan fingerprint density at radius 1 is 0.611 bits per heavy atom. The van der Waals surface area contributed by atoms with Gasteiger partial charge in [0.2, 0.25) is 0 Å². The van der Waals surface area contributed by atoms with Crippen LogP contribution in [0, 0.1) is 0 Å². The molecule has 0 amide bonds. The summed E-state index contributed by atoms with van der Waals surface area (Å²) in [6.07, 6.45) is 2.61. The van der Waals surface area contributed by atoms with E-state index in [0.717, 1.165) is 25.7 Å². The van der Waals surface area contributed by atoms with Crippen molar-refractivity contribution in [1.82, 2.24) is 10.6 Å². The smallest absolute Gasteiger partial charge is 0.339 e. The maximum Gasteiger partial charge on any atom is 0.339 e. The number of carbonyl (C=O) groups is 2. The van der Waals surface area contributed by atoms with E-state index in [-0.39, 0.29) is 46.3 Å². The Labute approximate surface area is 215 Å². The first-order valence-corrected chi connectivity index (χ1v) is 13.1. The molecule has 2 aliphatic heterocycles. The largest absolute Gasteiger partial charge is 0.459 e. The van der Waals surface area contributed by atoms with E-state index in [4.69, 9.17) is 9.47 Å². The summed E-state index contributed by atoms with van der Waals surface area (Å²) in [6, 6.07) is 10.9. The van der Waals surface area contributed by atoms with Crippen molar-refractivity contribution in [2.24, 2.45) is 0 Å². The number of benzene rings is 2. The van der Waals surface area contributed by atoms with Gasteiger partial charge in [-0.3, -0.25) is 0 Å². The van der Waals surface area contributed by atoms with Crippen molar-refractivity contribution in [2.75, 3.05) is 0 Å². The lowest BCUT2D eigenvalue weighted by molar-refractivity contribution is -0.00763. The molecule has 4 rings (SSSR count). The van der Waals surface area contributed by atoms with Gasteiger partial charge in [-0.15, -0.1) is 0 Å². The lowest BCUT2D eigenvalue weighted by Crippen LogP contribution is -2.59. The van der Waals surface area contributed by atoms with E-state index in [1.807, 2.05) is 24.3 Å². The second-order valence-electron chi connectivity index (χ2n) is 13.4. The van der Waals surface area contributed by atoms with E-state index >= 15 is 0 Å². The van der Waals surface area contributed by atoms with Gasteiger partial charge in [-0.05, 0) is 78.3 Å². The predicted molar refractivity (Wildman–Crippen MR) is 143 cm³/mol. The molecule has 0 unspecified atom stereocenters. The molecular formula is C30H42N2O4. The SMILES string of the molecule is CC1(C)CC(OC(=O)c2cccc3c(C(=O)OC4CC(C)(C)NC(C)(C)C4)cccc23)CC(C)(C)N1. The number of carbonyl (C=O) groups excluding carboxylic acids is 2. The quantitative estimate of drug-likeness (QED) is 0.526. The van der Waals surface area contributed by atoms with Crippen LogP contribution in [-0.2, 0) is 9.47 Å². The maximum atomic E-state index is 13.3. The summed E-state index contributed by atoms with van der Waals surface area (Å²) in [6.45, 7) is 17.1. The minimum absolute atomic E-state index is 0.125. The fourth-order valence-electron chi connectivity index (χ4n) is 6.72. The van der Waals surface area contributed by atoms with Crippen LogP contribution in [0.1, 0.15) is 102 Å². The molecule has 196 valence electrons. The van der Waals surface area contributed by atoms with Crippen LogP contribution in [0.3, 0.4) is 0 Å². The Bertz CT molecular complexity index is 1040. The first kappa shape index (κ1) is 26.6. The van der Waals surface area contributed by atoms with Crippen molar-refractivity contribution in [3.8, 4) is 0 Å². The monoisotopic (exact) mass is 494 g/mol. The molecular weight excluding hydrogens is 452 g/mol. The van der Waals surface area contributed by atoms with Crippen molar-refractivity contribution >= 4 is 22.7 Å². The summed E-state index contributed by atoms with van der Waals surface area (Å²) in [5.74, 6) is -0.710. The fourth-order valence-corrected chi connectivity index (χ4v) is 6.72. The van der Waals surface area contributed by atoms with E-state index in [2.05, 4.69) is 66.0 Å². The summed E-state index contributed by atoms with van der Waals surface area (Å²) >= 11 is 0. The van der Waals surface area contributed by atoms with Gasteiger partial charge in [0.25, 0.3) is 0 Å². The number of ether oxygens (including phenoxy) is 2. The second-order valence-corrected chi connectivity index (χ2v) is 13.4. The molecule has 0 aliphatic carbocycles. The Morgan fingerprint density at radius 2 is 0.917 bits per heavy atom. The van der Waals surface area contributed by atoms with Gasteiger partial charge in [0.05, 0.1) is 11.1 Å². The number of piperidine rings is 2. The van der Waals surface area contributed by atoms with E-state index in [1.54, 1.807) is 12.1 Å². The minimum Gasteiger partial charge on any atom is -0.459 e. The minimum atomic E-state index is -0.355. The van der Waals surface area contributed by atoms with Crippen molar-refractivity contribution in [3.05, 3.63) is 47.5 Å². The van der Waals surface area contributed by atoms with Crippen molar-refractivity contribution in [3.63, 3.8) is 0 Å². The van der Waals surface area contributed by atoms with Crippen molar-refractivity contribution < 1.29 is 19.1 Å². The topological polar surface area (TPSA) is 76.7 Å². The van der Waals surface area contributed by atoms with Gasteiger partial charge in [-0.1, -0.05) is 24.3 Å². The van der Waals surface area contributed by atoms with E-state index in [9.17, 15) is 9.59 Å². The molecule has 0 radical (unpaired) electrons. The normalized spacial score (nSPS) is 23.2. The summed E-state index contributed by atoms with van der Waals surface area (Å²) in [5, 5.41) is 8.65. The number of hydrogen-bond acceptors (Lipinski definition) is 6. The van der Waals surface area contributed by atoms with Gasteiger partial charge in [-0.25, -0.2) is 9.59 Å². The zero-order valence-electron chi connectivity index (χ0n) is 23.1. The third kappa shape index (κ3) is 6.09. The lowest BCUT2D eigenvalue weighted by Gasteiger charge is -2.46. The van der Waals surface area contributed by atoms with Gasteiger partial charge in [0.1, 0.15) is 12.2 Å². The second kappa shape index (κ2) is 9.14. The highest BCUT2D eigenvalue weighted by Gasteiger charge is 2.41. The van der Waals surface area contributed by atoms with Gasteiger partial charge < -0.3 is 20.1 Å². The average molecular weight is 495 g/mol. The third-order valence-electron chi connectivity index (χ3n) is 7.21. The first-order valence-electron chi connectivity index (χ1n) is 13.1. The number of hydrogen-bond donors (Lipinski definition) is 2. The summed E-state index contributed by atoms with van der Waals surface area (Å²) in [4.78, 5) is 26.6. The van der Waals surface area contributed by atoms with Crippen LogP contribution in [0.25, 0.3) is 10.8 Å². The van der Waals surface area contributed by atoms with Crippen LogP contribution in [-0.4, -0.2) is 46.3 Å². The van der Waals surface area contributed by atoms with Crippen LogP contribution in [0.2, 0.25) is 0 Å². The summed E-state index contributed by atoms with van der Waals surface area (Å²) in [5.41, 5.74) is 0.446. The molecule has 6 nitrogen and oxygen atoms in total. The summed E-state index contributed by atoms with van der Waals surface area (Å²) in [7, 11) is 0. The Morgan fingerprint density at radius 3 is 1.22 bits per heavy atom. The molecule has 2 aromatic rings. The van der Waals surface area contributed by atoms with E-state index in [1.165, 1.54) is 0 Å². The molecule has 2 aliphatic rings. The van der Waals surface area contributed by atoms with Crippen molar-refractivity contribution in [1.29, 1.82) is 0 Å². The molecule has 0 aromatic heterocycles. The van der Waals surface area contributed by atoms with Crippen LogP contribution in [0.5, 0.6) is 0 Å². The molecule has 0 atom stereocenters. The highest BCUT2D eigenvalue weighted by atomic mass is 16.5. The Hall–Kier alpha value is -2.44. The summed E-state index contributed by atoms with van der Waals surface area (Å²) < 4.78 is 12.0. The van der Waals surface area contributed by atoms with Crippen LogP contribution < -0.4 is 10.6 Å². The van der Waals surface area contributed by atoms with Crippen LogP contribution in [0.15, 0.2) is 36.4 Å².